The zero-order valence-electron chi connectivity index (χ0n) is 10.8. The minimum Gasteiger partial charge on any atom is -0.314 e. The van der Waals surface area contributed by atoms with Crippen LogP contribution in [0.1, 0.15) is 26.2 Å². The van der Waals surface area contributed by atoms with Crippen molar-refractivity contribution >= 4 is 0 Å². The second-order valence-electron chi connectivity index (χ2n) is 5.48. The lowest BCUT2D eigenvalue weighted by molar-refractivity contribution is -0.0961. The average molecular weight is 262 g/mol. The molecule has 1 N–H and O–H groups in total. The molecule has 1 fully saturated rings. The summed E-state index contributed by atoms with van der Waals surface area (Å²) in [6.45, 7) is 5.14. The Bertz CT molecular complexity index is 312. The molecule has 2 nitrogen and oxygen atoms in total. The molecule has 2 aliphatic rings. The van der Waals surface area contributed by atoms with Crippen LogP contribution in [0.4, 0.5) is 13.2 Å². The molecule has 0 bridgehead atoms. The summed E-state index contributed by atoms with van der Waals surface area (Å²) < 4.78 is 37.4. The molecule has 0 saturated carbocycles. The molecule has 2 atom stereocenters. The summed E-state index contributed by atoms with van der Waals surface area (Å²) in [7, 11) is 0. The van der Waals surface area contributed by atoms with Gasteiger partial charge >= 0.3 is 6.18 Å². The van der Waals surface area contributed by atoms with Crippen molar-refractivity contribution in [2.24, 2.45) is 5.92 Å². The molecule has 0 spiro atoms. The van der Waals surface area contributed by atoms with Crippen molar-refractivity contribution in [1.82, 2.24) is 10.2 Å². The van der Waals surface area contributed by atoms with Crippen molar-refractivity contribution in [3.05, 3.63) is 11.6 Å². The Balaban J connectivity index is 1.81. The van der Waals surface area contributed by atoms with E-state index in [1.165, 1.54) is 6.08 Å². The molecule has 2 heterocycles. The van der Waals surface area contributed by atoms with Crippen molar-refractivity contribution in [3.8, 4) is 0 Å². The SMILES string of the molecule is CC1CC(CN2CC=C(C(F)(F)F)CC2)CCN1. The summed E-state index contributed by atoms with van der Waals surface area (Å²) in [5, 5.41) is 3.40. The van der Waals surface area contributed by atoms with Gasteiger partial charge in [-0.1, -0.05) is 6.08 Å². The van der Waals surface area contributed by atoms with E-state index in [-0.39, 0.29) is 12.0 Å². The monoisotopic (exact) mass is 262 g/mol. The van der Waals surface area contributed by atoms with Gasteiger partial charge in [-0.05, 0) is 38.6 Å². The van der Waals surface area contributed by atoms with Crippen LogP contribution < -0.4 is 5.32 Å². The summed E-state index contributed by atoms with van der Waals surface area (Å²) in [5.74, 6) is 0.627. The number of hydrogen-bond donors (Lipinski definition) is 1. The highest BCUT2D eigenvalue weighted by molar-refractivity contribution is 5.13. The highest BCUT2D eigenvalue weighted by Gasteiger charge is 2.35. The Morgan fingerprint density at radius 2 is 2.22 bits per heavy atom. The molecule has 2 aliphatic heterocycles. The van der Waals surface area contributed by atoms with Crippen LogP contribution in [-0.4, -0.2) is 43.3 Å². The van der Waals surface area contributed by atoms with Crippen molar-refractivity contribution in [2.45, 2.75) is 38.4 Å². The van der Waals surface area contributed by atoms with Gasteiger partial charge < -0.3 is 5.32 Å². The quantitative estimate of drug-likeness (QED) is 0.769. The number of halogens is 3. The Morgan fingerprint density at radius 3 is 2.78 bits per heavy atom. The molecule has 2 unspecified atom stereocenters. The largest absolute Gasteiger partial charge is 0.412 e. The Kier molecular flexibility index (Phi) is 4.33. The summed E-state index contributed by atoms with van der Waals surface area (Å²) in [5.41, 5.74) is -0.350. The number of nitrogens with one attached hydrogen (secondary N) is 1. The maximum absolute atomic E-state index is 12.5. The molecule has 0 aliphatic carbocycles. The van der Waals surface area contributed by atoms with Gasteiger partial charge in [0, 0.05) is 31.2 Å². The van der Waals surface area contributed by atoms with Crippen LogP contribution in [0.15, 0.2) is 11.6 Å². The number of piperidine rings is 1. The highest BCUT2D eigenvalue weighted by atomic mass is 19.4. The molecule has 5 heteroatoms. The van der Waals surface area contributed by atoms with Crippen molar-refractivity contribution in [3.63, 3.8) is 0 Å². The molecule has 0 aromatic heterocycles. The van der Waals surface area contributed by atoms with Gasteiger partial charge in [0.05, 0.1) is 0 Å². The highest BCUT2D eigenvalue weighted by Crippen LogP contribution is 2.30. The van der Waals surface area contributed by atoms with Gasteiger partial charge in [-0.15, -0.1) is 0 Å². The van der Waals surface area contributed by atoms with Crippen molar-refractivity contribution in [1.29, 1.82) is 0 Å². The smallest absolute Gasteiger partial charge is 0.314 e. The third kappa shape index (κ3) is 3.72. The molecule has 1 saturated heterocycles. The van der Waals surface area contributed by atoms with Crippen LogP contribution in [-0.2, 0) is 0 Å². The van der Waals surface area contributed by atoms with E-state index in [0.717, 1.165) is 25.9 Å². The van der Waals surface area contributed by atoms with Gasteiger partial charge in [-0.2, -0.15) is 13.2 Å². The van der Waals surface area contributed by atoms with Crippen LogP contribution >= 0.6 is 0 Å². The zero-order chi connectivity index (χ0) is 13.2. The van der Waals surface area contributed by atoms with Gasteiger partial charge in [-0.3, -0.25) is 4.90 Å². The maximum atomic E-state index is 12.5. The molecule has 104 valence electrons. The standard InChI is InChI=1S/C13H21F3N2/c1-10-8-11(2-5-17-10)9-18-6-3-12(4-7-18)13(14,15)16/h3,10-11,17H,2,4-9H2,1H3. The van der Waals surface area contributed by atoms with Crippen LogP contribution in [0.25, 0.3) is 0 Å². The number of rotatable bonds is 2. The topological polar surface area (TPSA) is 15.3 Å². The Labute approximate surface area is 106 Å². The van der Waals surface area contributed by atoms with Crippen LogP contribution in [0.5, 0.6) is 0 Å². The molecule has 0 aromatic rings. The second kappa shape index (κ2) is 5.61. The van der Waals surface area contributed by atoms with Gasteiger partial charge in [0.25, 0.3) is 0 Å². The molecule has 0 radical (unpaired) electrons. The predicted octanol–water partition coefficient (Wildman–Crippen LogP) is 2.57. The molecule has 2 rings (SSSR count). The summed E-state index contributed by atoms with van der Waals surface area (Å²) in [6, 6.07) is 0.537. The average Bonchev–Trinajstić information content (AvgIpc) is 2.28. The predicted molar refractivity (Wildman–Crippen MR) is 65.4 cm³/mol. The lowest BCUT2D eigenvalue weighted by Crippen LogP contribution is -2.42. The van der Waals surface area contributed by atoms with E-state index in [0.29, 0.717) is 25.0 Å². The van der Waals surface area contributed by atoms with E-state index < -0.39 is 6.18 Å². The minimum absolute atomic E-state index is 0.143. The first-order valence-electron chi connectivity index (χ1n) is 6.67. The lowest BCUT2D eigenvalue weighted by atomic mass is 9.92. The minimum atomic E-state index is -4.13. The van der Waals surface area contributed by atoms with E-state index in [4.69, 9.17) is 0 Å². The van der Waals surface area contributed by atoms with Crippen LogP contribution in [0, 0.1) is 5.92 Å². The van der Waals surface area contributed by atoms with Crippen LogP contribution in [0.2, 0.25) is 0 Å². The van der Waals surface area contributed by atoms with Gasteiger partial charge in [-0.25, -0.2) is 0 Å². The van der Waals surface area contributed by atoms with E-state index in [2.05, 4.69) is 17.1 Å². The van der Waals surface area contributed by atoms with E-state index in [1.807, 2.05) is 0 Å². The summed E-state index contributed by atoms with van der Waals surface area (Å²) in [4.78, 5) is 2.15. The maximum Gasteiger partial charge on any atom is 0.412 e. The third-order valence-electron chi connectivity index (χ3n) is 3.91. The second-order valence-corrected chi connectivity index (χ2v) is 5.48. The molecular formula is C13H21F3N2. The Hall–Kier alpha value is -0.550. The first-order chi connectivity index (χ1) is 8.45. The lowest BCUT2D eigenvalue weighted by Gasteiger charge is -2.34. The first-order valence-corrected chi connectivity index (χ1v) is 6.67. The summed E-state index contributed by atoms with van der Waals surface area (Å²) >= 11 is 0. The summed E-state index contributed by atoms with van der Waals surface area (Å²) in [6.07, 6.45) is -0.365. The number of hydrogen-bond acceptors (Lipinski definition) is 2. The van der Waals surface area contributed by atoms with E-state index >= 15 is 0 Å². The zero-order valence-corrected chi connectivity index (χ0v) is 10.8. The van der Waals surface area contributed by atoms with Gasteiger partial charge in [0.1, 0.15) is 0 Å². The molecule has 18 heavy (non-hydrogen) atoms. The first kappa shape index (κ1) is 13.9. The van der Waals surface area contributed by atoms with Crippen LogP contribution in [0.3, 0.4) is 0 Å². The Morgan fingerprint density at radius 1 is 1.44 bits per heavy atom. The molecule has 0 aromatic carbocycles. The van der Waals surface area contributed by atoms with Crippen molar-refractivity contribution < 1.29 is 13.2 Å². The fraction of sp³-hybridized carbons (Fsp3) is 0.846. The van der Waals surface area contributed by atoms with E-state index in [9.17, 15) is 13.2 Å². The number of alkyl halides is 3. The fourth-order valence-corrected chi connectivity index (χ4v) is 2.90. The molecular weight excluding hydrogens is 241 g/mol. The fourth-order valence-electron chi connectivity index (χ4n) is 2.90. The third-order valence-corrected chi connectivity index (χ3v) is 3.91. The van der Waals surface area contributed by atoms with E-state index in [1.54, 1.807) is 0 Å². The number of nitrogens with zero attached hydrogens (tertiary/aromatic N) is 1. The van der Waals surface area contributed by atoms with Gasteiger partial charge in [0.2, 0.25) is 0 Å². The molecule has 0 amide bonds. The van der Waals surface area contributed by atoms with Crippen molar-refractivity contribution in [2.75, 3.05) is 26.2 Å². The van der Waals surface area contributed by atoms with Gasteiger partial charge in [0.15, 0.2) is 0 Å². The normalized spacial score (nSPS) is 31.2.